The molecule has 2 aromatic rings. The van der Waals surface area contributed by atoms with Crippen molar-refractivity contribution >= 4 is 39.7 Å². The van der Waals surface area contributed by atoms with E-state index in [-0.39, 0.29) is 5.91 Å². The van der Waals surface area contributed by atoms with Gasteiger partial charge in [0.25, 0.3) is 5.91 Å². The molecule has 0 aliphatic heterocycles. The van der Waals surface area contributed by atoms with Crippen molar-refractivity contribution in [3.63, 3.8) is 0 Å². The summed E-state index contributed by atoms with van der Waals surface area (Å²) < 4.78 is 0. The molecule has 1 heterocycles. The third kappa shape index (κ3) is 2.50. The summed E-state index contributed by atoms with van der Waals surface area (Å²) in [5.74, 6) is -0.282. The molecule has 4 nitrogen and oxygen atoms in total. The molecule has 3 N–H and O–H groups in total. The maximum Gasteiger partial charge on any atom is 0.275 e. The lowest BCUT2D eigenvalue weighted by atomic mass is 10.3. The van der Waals surface area contributed by atoms with Gasteiger partial charge in [-0.25, -0.2) is 4.98 Å². The molecule has 82 valence electrons. The van der Waals surface area contributed by atoms with Gasteiger partial charge in [-0.3, -0.25) is 4.79 Å². The summed E-state index contributed by atoms with van der Waals surface area (Å²) in [7, 11) is 0. The fourth-order valence-electron chi connectivity index (χ4n) is 1.12. The van der Waals surface area contributed by atoms with Crippen LogP contribution in [0.3, 0.4) is 0 Å². The smallest absolute Gasteiger partial charge is 0.275 e. The summed E-state index contributed by atoms with van der Waals surface area (Å²) in [5, 5.41) is 5.30. The minimum absolute atomic E-state index is 0.282. The number of amides is 1. The second kappa shape index (κ2) is 4.51. The maximum absolute atomic E-state index is 11.7. The van der Waals surface area contributed by atoms with E-state index in [1.807, 2.05) is 0 Å². The zero-order valence-corrected chi connectivity index (χ0v) is 9.68. The van der Waals surface area contributed by atoms with Crippen LogP contribution >= 0.6 is 22.9 Å². The molecule has 0 saturated carbocycles. The Labute approximate surface area is 101 Å². The van der Waals surface area contributed by atoms with Gasteiger partial charge in [0.1, 0.15) is 5.69 Å². The van der Waals surface area contributed by atoms with Crippen molar-refractivity contribution in [3.8, 4) is 0 Å². The summed E-state index contributed by atoms with van der Waals surface area (Å²) in [6.07, 6.45) is 0. The van der Waals surface area contributed by atoms with Crippen LogP contribution in [0.5, 0.6) is 0 Å². The third-order valence-corrected chi connectivity index (χ3v) is 2.78. The molecule has 0 bridgehead atoms. The number of anilines is 2. The molecule has 1 aromatic heterocycles. The topological polar surface area (TPSA) is 68.0 Å². The fraction of sp³-hybridized carbons (Fsp3) is 0. The summed E-state index contributed by atoms with van der Waals surface area (Å²) in [4.78, 5) is 15.5. The first-order valence-corrected chi connectivity index (χ1v) is 5.69. The van der Waals surface area contributed by atoms with Gasteiger partial charge in [-0.1, -0.05) is 11.6 Å². The van der Waals surface area contributed by atoms with Crippen molar-refractivity contribution in [2.75, 3.05) is 11.1 Å². The Bertz CT molecular complexity index is 509. The highest BCUT2D eigenvalue weighted by Crippen LogP contribution is 2.16. The average Bonchev–Trinajstić information content (AvgIpc) is 2.68. The molecule has 6 heteroatoms. The number of thiazole rings is 1. The van der Waals surface area contributed by atoms with Crippen LogP contribution in [-0.4, -0.2) is 10.9 Å². The molecule has 0 radical (unpaired) electrons. The molecule has 1 amide bonds. The van der Waals surface area contributed by atoms with Crippen LogP contribution in [0.2, 0.25) is 5.02 Å². The Balaban J connectivity index is 2.10. The number of rotatable bonds is 2. The Kier molecular flexibility index (Phi) is 3.07. The van der Waals surface area contributed by atoms with E-state index < -0.39 is 0 Å². The Hall–Kier alpha value is -1.59. The number of benzene rings is 1. The Morgan fingerprint density at radius 2 is 2.06 bits per heavy atom. The van der Waals surface area contributed by atoms with E-state index in [0.717, 1.165) is 0 Å². The highest BCUT2D eigenvalue weighted by molar-refractivity contribution is 7.13. The Morgan fingerprint density at radius 3 is 2.62 bits per heavy atom. The second-order valence-electron chi connectivity index (χ2n) is 3.03. The molecule has 1 aromatic carbocycles. The number of carbonyl (C=O) groups is 1. The number of nitrogens with zero attached hydrogens (tertiary/aromatic N) is 1. The molecule has 0 unspecified atom stereocenters. The van der Waals surface area contributed by atoms with E-state index in [1.54, 1.807) is 29.6 Å². The normalized spacial score (nSPS) is 10.1. The summed E-state index contributed by atoms with van der Waals surface area (Å²) >= 11 is 6.96. The highest BCUT2D eigenvalue weighted by Gasteiger charge is 2.09. The Morgan fingerprint density at radius 1 is 1.38 bits per heavy atom. The van der Waals surface area contributed by atoms with Gasteiger partial charge in [0.15, 0.2) is 5.13 Å². The van der Waals surface area contributed by atoms with E-state index in [4.69, 9.17) is 17.3 Å². The number of hydrogen-bond donors (Lipinski definition) is 2. The number of carbonyl (C=O) groups excluding carboxylic acids is 1. The van der Waals surface area contributed by atoms with E-state index in [1.165, 1.54) is 11.3 Å². The predicted molar refractivity (Wildman–Crippen MR) is 65.9 cm³/mol. The van der Waals surface area contributed by atoms with Crippen molar-refractivity contribution < 1.29 is 4.79 Å². The number of nitrogens with two attached hydrogens (primary N) is 1. The van der Waals surface area contributed by atoms with E-state index >= 15 is 0 Å². The number of nitrogen functional groups attached to an aromatic ring is 1. The summed E-state index contributed by atoms with van der Waals surface area (Å²) in [6.45, 7) is 0. The molecule has 2 rings (SSSR count). The zero-order chi connectivity index (χ0) is 11.5. The van der Waals surface area contributed by atoms with E-state index in [0.29, 0.717) is 21.5 Å². The van der Waals surface area contributed by atoms with Gasteiger partial charge in [-0.05, 0) is 24.3 Å². The maximum atomic E-state index is 11.7. The largest absolute Gasteiger partial charge is 0.375 e. The molecule has 0 fully saturated rings. The van der Waals surface area contributed by atoms with Crippen LogP contribution in [0.4, 0.5) is 10.8 Å². The molecular weight excluding hydrogens is 246 g/mol. The third-order valence-electron chi connectivity index (χ3n) is 1.86. The van der Waals surface area contributed by atoms with Crippen molar-refractivity contribution in [3.05, 3.63) is 40.4 Å². The molecule has 0 atom stereocenters. The van der Waals surface area contributed by atoms with Crippen LogP contribution in [0.15, 0.2) is 29.6 Å². The van der Waals surface area contributed by atoms with Crippen LogP contribution in [0, 0.1) is 0 Å². The predicted octanol–water partition coefficient (Wildman–Crippen LogP) is 2.63. The summed E-state index contributed by atoms with van der Waals surface area (Å²) in [6, 6.07) is 6.84. The summed E-state index contributed by atoms with van der Waals surface area (Å²) in [5.41, 5.74) is 6.42. The monoisotopic (exact) mass is 253 g/mol. The average molecular weight is 254 g/mol. The fourth-order valence-corrected chi connectivity index (χ4v) is 1.79. The quantitative estimate of drug-likeness (QED) is 0.865. The lowest BCUT2D eigenvalue weighted by molar-refractivity contribution is 0.102. The van der Waals surface area contributed by atoms with Crippen molar-refractivity contribution in [1.82, 2.24) is 4.98 Å². The van der Waals surface area contributed by atoms with Crippen molar-refractivity contribution in [2.24, 2.45) is 0 Å². The first-order valence-electron chi connectivity index (χ1n) is 4.43. The van der Waals surface area contributed by atoms with Gasteiger partial charge in [0.05, 0.1) is 0 Å². The first-order chi connectivity index (χ1) is 7.65. The van der Waals surface area contributed by atoms with Gasteiger partial charge in [0, 0.05) is 16.1 Å². The van der Waals surface area contributed by atoms with Gasteiger partial charge in [-0.15, -0.1) is 11.3 Å². The van der Waals surface area contributed by atoms with Crippen LogP contribution in [0.1, 0.15) is 10.5 Å². The van der Waals surface area contributed by atoms with Crippen LogP contribution in [0.25, 0.3) is 0 Å². The van der Waals surface area contributed by atoms with E-state index in [2.05, 4.69) is 10.3 Å². The van der Waals surface area contributed by atoms with Crippen molar-refractivity contribution in [1.29, 1.82) is 0 Å². The standard InChI is InChI=1S/C10H8ClN3OS/c11-6-1-3-7(4-2-6)13-9(15)8-5-16-10(12)14-8/h1-5H,(H2,12,14)(H,13,15). The lowest BCUT2D eigenvalue weighted by Gasteiger charge is -2.02. The molecule has 0 aliphatic rings. The molecule has 0 saturated heterocycles. The SMILES string of the molecule is Nc1nc(C(=O)Nc2ccc(Cl)cc2)cs1. The second-order valence-corrected chi connectivity index (χ2v) is 4.36. The van der Waals surface area contributed by atoms with Gasteiger partial charge >= 0.3 is 0 Å². The number of nitrogens with one attached hydrogen (secondary N) is 1. The van der Waals surface area contributed by atoms with E-state index in [9.17, 15) is 4.79 Å². The van der Waals surface area contributed by atoms with Crippen LogP contribution < -0.4 is 11.1 Å². The first kappa shape index (κ1) is 10.9. The molecule has 0 spiro atoms. The van der Waals surface area contributed by atoms with Gasteiger partial charge < -0.3 is 11.1 Å². The molecule has 16 heavy (non-hydrogen) atoms. The van der Waals surface area contributed by atoms with Crippen LogP contribution in [-0.2, 0) is 0 Å². The minimum Gasteiger partial charge on any atom is -0.375 e. The lowest BCUT2D eigenvalue weighted by Crippen LogP contribution is -2.12. The highest BCUT2D eigenvalue weighted by atomic mass is 35.5. The molecular formula is C10H8ClN3OS. The molecule has 0 aliphatic carbocycles. The van der Waals surface area contributed by atoms with Crippen molar-refractivity contribution in [2.45, 2.75) is 0 Å². The van der Waals surface area contributed by atoms with Gasteiger partial charge in [0.2, 0.25) is 0 Å². The zero-order valence-electron chi connectivity index (χ0n) is 8.11. The number of aromatic nitrogens is 1. The van der Waals surface area contributed by atoms with Gasteiger partial charge in [-0.2, -0.15) is 0 Å². The number of halogens is 1. The number of hydrogen-bond acceptors (Lipinski definition) is 4. The minimum atomic E-state index is -0.282.